The van der Waals surface area contributed by atoms with Crippen LogP contribution in [0, 0.1) is 250 Å². The van der Waals surface area contributed by atoms with Crippen LogP contribution in [0.25, 0.3) is 20.2 Å². The second kappa shape index (κ2) is 59.4. The van der Waals surface area contributed by atoms with Gasteiger partial charge in [0.15, 0.2) is 24.7 Å². The van der Waals surface area contributed by atoms with E-state index in [1.165, 1.54) is 11.6 Å². The number of fused-ring (bicyclic) bond motifs is 8. The van der Waals surface area contributed by atoms with E-state index in [2.05, 4.69) is 301 Å². The fraction of sp³-hybridized carbons (Fsp3) is 0.217. The highest BCUT2D eigenvalue weighted by atomic mass is 35.5. The summed E-state index contributed by atoms with van der Waals surface area (Å²) < 4.78 is 19.8. The molecule has 4 aromatic heterocycles. The summed E-state index contributed by atoms with van der Waals surface area (Å²) in [6.07, 6.45) is 17.0. The van der Waals surface area contributed by atoms with Gasteiger partial charge in [0.1, 0.15) is 30.2 Å². The van der Waals surface area contributed by atoms with Crippen molar-refractivity contribution in [2.75, 3.05) is 79.6 Å². The van der Waals surface area contributed by atoms with E-state index in [9.17, 15) is 24.0 Å². The maximum absolute atomic E-state index is 13.8. The summed E-state index contributed by atoms with van der Waals surface area (Å²) in [6.45, 7) is 13.1. The van der Waals surface area contributed by atoms with E-state index in [4.69, 9.17) is 33.9 Å². The number of para-hydroxylation sites is 2. The first-order chi connectivity index (χ1) is 61.3. The van der Waals surface area contributed by atoms with Gasteiger partial charge >= 0.3 is 17.9 Å². The first-order valence-electron chi connectivity index (χ1n) is 38.7. The number of carbonyl (C=O) groups is 5. The van der Waals surface area contributed by atoms with Gasteiger partial charge < -0.3 is 52.4 Å². The van der Waals surface area contributed by atoms with Crippen molar-refractivity contribution in [3.63, 3.8) is 0 Å². The molecule has 2 unspecified atom stereocenters. The third-order valence-corrected chi connectivity index (χ3v) is 19.9. The number of piperidine rings is 6. The smallest absolute Gasteiger partial charge is 0.333 e. The van der Waals surface area contributed by atoms with Gasteiger partial charge in [-0.05, 0) is 324 Å². The molecule has 20 heteroatoms. The highest BCUT2D eigenvalue weighted by Crippen LogP contribution is 2.39. The predicted octanol–water partition coefficient (Wildman–Crippen LogP) is 10.1. The molecule has 14 rings (SSSR count). The number of hydrogen-bond acceptors (Lipinski definition) is 15. The Morgan fingerprint density at radius 2 is 0.817 bits per heavy atom. The van der Waals surface area contributed by atoms with E-state index in [0.29, 0.717) is 47.7 Å². The summed E-state index contributed by atoms with van der Waals surface area (Å²) in [5, 5.41) is 18.6. The Kier molecular flexibility index (Phi) is 46.5. The van der Waals surface area contributed by atoms with Crippen molar-refractivity contribution in [3.05, 3.63) is 180 Å². The van der Waals surface area contributed by atoms with Crippen LogP contribution >= 0.6 is 34.3 Å². The number of amides is 2. The minimum absolute atomic E-state index is 0. The zero-order valence-electron chi connectivity index (χ0n) is 69.1. The molecule has 6 fully saturated rings. The minimum Gasteiger partial charge on any atom is -1.00 e. The standard InChI is InChI=1S/C30H30N4O3S.C23H24N2O2S.C23H4.C19H4.C7H7ClN2O.C4H8O2.ClH/c35-28(33-27-12-6-7-15-31-27)19-34-16-13-21(14-17-34)25(18-34)37-30(36)29(32-22-8-2-1-3-9-22)24-20-38-26-11-5-4-10-23(24)26;26-23(27-20-14-25-12-10-16(20)11-13-25)22(24-17-6-2-1-3-7-17)19-15-28-21-9-5-4-8-18(19)21;1-3-5-7-9-11-13-15-17-19-21-23-22-20-18-16-14-12-10-8-6-4-2;1-3-5-7-9-11-13-15-17-19-18-16-14-12-10-8-6-4-2;8-5-7(11)10-6-3-1-2-4-9-6;1-3-6-4(2)5;/h1-12,15,20-21,25,29,32H,13-14,16-19H2;1-9,15-16,20,22,24H,10-14H2;1H,2H3;1H,2H3;1-4H,5H2,(H,9,10,11);3H2,1-2H3;1H/t21?,25-,29?,34?;20-,22?;;;;;/m00...../s1. The van der Waals surface area contributed by atoms with Crippen molar-refractivity contribution >= 4 is 107 Å². The van der Waals surface area contributed by atoms with Gasteiger partial charge in [-0.3, -0.25) is 19.3 Å². The molecule has 4 N–H and O–H groups in total. The van der Waals surface area contributed by atoms with Gasteiger partial charge in [0.25, 0.3) is 5.91 Å². The summed E-state index contributed by atoms with van der Waals surface area (Å²) in [5.41, 5.74) is 3.72. The number of aromatic nitrogens is 2. The summed E-state index contributed by atoms with van der Waals surface area (Å²) in [6, 6.07) is 45.7. The Bertz CT molecular complexity index is 6500. The van der Waals surface area contributed by atoms with Gasteiger partial charge in [-0.25, -0.2) is 19.6 Å². The van der Waals surface area contributed by atoms with Gasteiger partial charge in [0.05, 0.1) is 19.7 Å². The first-order valence-corrected chi connectivity index (χ1v) is 41.0. The number of anilines is 4. The van der Waals surface area contributed by atoms with Gasteiger partial charge in [0.2, 0.25) is 5.91 Å². The van der Waals surface area contributed by atoms with Crippen molar-refractivity contribution in [3.8, 4) is 238 Å². The molecule has 2 amide bonds. The lowest BCUT2D eigenvalue weighted by atomic mass is 9.83. The van der Waals surface area contributed by atoms with Gasteiger partial charge in [-0.2, -0.15) is 0 Å². The molecule has 6 saturated heterocycles. The zero-order valence-corrected chi connectivity index (χ0v) is 72.2. The summed E-state index contributed by atoms with van der Waals surface area (Å²) in [5.74, 6) is 94.7. The number of ether oxygens (including phenoxy) is 3. The number of esters is 3. The summed E-state index contributed by atoms with van der Waals surface area (Å²) >= 11 is 8.57. The van der Waals surface area contributed by atoms with Crippen molar-refractivity contribution in [1.29, 1.82) is 0 Å². The third kappa shape index (κ3) is 37.6. The molecule has 6 aliphatic rings. The number of halogens is 2. The molecular weight excluding hydrogens is 1650 g/mol. The number of hydrogen-bond donors (Lipinski definition) is 4. The zero-order chi connectivity index (χ0) is 88.8. The monoisotopic (exact) mass is 1720 g/mol. The van der Waals surface area contributed by atoms with Crippen molar-refractivity contribution in [2.45, 2.75) is 77.7 Å². The Balaban J connectivity index is 0.000000250. The fourth-order valence-corrected chi connectivity index (χ4v) is 14.3. The van der Waals surface area contributed by atoms with Gasteiger partial charge in [0, 0.05) is 100 Å². The van der Waals surface area contributed by atoms with Crippen LogP contribution in [0.15, 0.2) is 169 Å². The van der Waals surface area contributed by atoms with Crippen molar-refractivity contribution in [1.82, 2.24) is 14.9 Å². The molecule has 16 nitrogen and oxygen atoms in total. The highest BCUT2D eigenvalue weighted by Gasteiger charge is 2.49. The number of nitrogens with one attached hydrogen (secondary N) is 4. The lowest BCUT2D eigenvalue weighted by Crippen LogP contribution is -3.00. The molecule has 4 atom stereocenters. The molecule has 0 spiro atoms. The SMILES string of the molecule is C#CC#CC#CC#CC#CC#CC#CC#CC#CC.C#CC#CC#CC#CC#CC#CC#CC#CC#CC#CC#CC.CCOC(C)=O.O=C(CCl)Nc1ccccn1.O=C(C[N+]12CCC(CC1)[C@@H](OC(=O)C(Nc1ccccc1)c1csc3ccccc13)C2)Nc1ccccn1.O=C(O[C@H]1CN2CCC1CC2)C(Nc1ccccc1)c1csc2ccccc12.[Cl-]. The molecule has 4 aromatic carbocycles. The average Bonchev–Trinajstić information content (AvgIpc) is 1.06. The molecule has 10 heterocycles. The number of thiophene rings is 2. The second-order valence-electron chi connectivity index (χ2n) is 25.9. The normalized spacial score (nSPS) is 14.9. The van der Waals surface area contributed by atoms with Gasteiger partial charge in [-0.15, -0.1) is 47.1 Å². The Labute approximate surface area is 758 Å². The fourth-order valence-electron chi connectivity index (χ4n) is 12.3. The first kappa shape index (κ1) is 98.6. The maximum Gasteiger partial charge on any atom is 0.333 e. The van der Waals surface area contributed by atoms with E-state index >= 15 is 0 Å². The van der Waals surface area contributed by atoms with Gasteiger partial charge in [-0.1, -0.05) is 96.8 Å². The minimum atomic E-state index is -0.620. The molecule has 126 heavy (non-hydrogen) atoms. The van der Waals surface area contributed by atoms with Crippen LogP contribution < -0.4 is 33.7 Å². The number of carbonyl (C=O) groups excluding carboxylic acids is 5. The van der Waals surface area contributed by atoms with E-state index < -0.39 is 12.1 Å². The van der Waals surface area contributed by atoms with E-state index in [-0.39, 0.29) is 60.2 Å². The van der Waals surface area contributed by atoms with Crippen LogP contribution in [0.1, 0.15) is 76.6 Å². The third-order valence-electron chi connectivity index (χ3n) is 17.7. The predicted molar refractivity (Wildman–Crippen MR) is 498 cm³/mol. The topological polar surface area (TPSA) is 190 Å². The number of terminal acetylenes is 2. The maximum atomic E-state index is 13.8. The van der Waals surface area contributed by atoms with E-state index in [1.54, 1.807) is 80.1 Å². The van der Waals surface area contributed by atoms with Crippen LogP contribution in [0.4, 0.5) is 23.0 Å². The number of alkyl halides is 1. The summed E-state index contributed by atoms with van der Waals surface area (Å²) in [7, 11) is 0. The molecule has 616 valence electrons. The largest absolute Gasteiger partial charge is 1.00 e. The van der Waals surface area contributed by atoms with E-state index in [1.807, 2.05) is 97.1 Å². The molecular formula is C106H78Cl2N8O8S2. The number of pyridine rings is 2. The van der Waals surface area contributed by atoms with E-state index in [0.717, 1.165) is 96.4 Å². The summed E-state index contributed by atoms with van der Waals surface area (Å²) in [4.78, 5) is 71.1. The van der Waals surface area contributed by atoms with Crippen LogP contribution in [-0.4, -0.2) is 120 Å². The molecule has 0 radical (unpaired) electrons. The highest BCUT2D eigenvalue weighted by molar-refractivity contribution is 7.17. The Morgan fingerprint density at radius 3 is 1.15 bits per heavy atom. The molecule has 0 aliphatic carbocycles. The molecule has 0 saturated carbocycles. The van der Waals surface area contributed by atoms with Crippen LogP contribution in [0.3, 0.4) is 0 Å². The lowest BCUT2D eigenvalue weighted by Gasteiger charge is -2.51. The average molecular weight is 1730 g/mol. The number of rotatable bonds is 16. The Morgan fingerprint density at radius 1 is 0.468 bits per heavy atom. The molecule has 8 aromatic rings. The molecule has 6 aliphatic heterocycles. The van der Waals surface area contributed by atoms with Crippen LogP contribution in [0.5, 0.6) is 0 Å². The lowest BCUT2D eigenvalue weighted by molar-refractivity contribution is -0.938. The number of quaternary nitrogens is 1. The van der Waals surface area contributed by atoms with Crippen LogP contribution in [0.2, 0.25) is 0 Å². The van der Waals surface area contributed by atoms with Crippen LogP contribution in [-0.2, 0) is 38.2 Å². The molecule has 4 bridgehead atoms. The Hall–Kier alpha value is -16.3. The quantitative estimate of drug-likeness (QED) is 0.0235. The number of benzene rings is 4. The van der Waals surface area contributed by atoms with Crippen molar-refractivity contribution in [2.24, 2.45) is 11.8 Å². The second-order valence-corrected chi connectivity index (χ2v) is 28.0. The van der Waals surface area contributed by atoms with Crippen molar-refractivity contribution < 1.29 is 55.1 Å². The number of nitrogens with zero attached hydrogens (tertiary/aromatic N) is 4.